The number of amides is 1. The van der Waals surface area contributed by atoms with Crippen LogP contribution in [0, 0.1) is 0 Å². The number of carbonyl (C=O) groups is 2. The number of rotatable bonds is 9. The van der Waals surface area contributed by atoms with Crippen LogP contribution in [0.1, 0.15) is 35.2 Å². The highest BCUT2D eigenvalue weighted by Gasteiger charge is 2.73. The van der Waals surface area contributed by atoms with E-state index < -0.39 is 51.5 Å². The highest BCUT2D eigenvalue weighted by Crippen LogP contribution is 2.54. The summed E-state index contributed by atoms with van der Waals surface area (Å²) in [5.41, 5.74) is -7.67. The molecule has 0 radical (unpaired) electrons. The molecule has 4 rings (SSSR count). The van der Waals surface area contributed by atoms with Crippen LogP contribution in [-0.2, 0) is 10.5 Å². The van der Waals surface area contributed by atoms with E-state index in [2.05, 4.69) is 16.7 Å². The van der Waals surface area contributed by atoms with Crippen molar-refractivity contribution in [3.05, 3.63) is 75.8 Å². The van der Waals surface area contributed by atoms with Crippen LogP contribution in [0.3, 0.4) is 0 Å². The molecule has 2 heterocycles. The highest BCUT2D eigenvalue weighted by atomic mass is 35.5. The number of alkyl halides is 7. The predicted octanol–water partition coefficient (Wildman–Crippen LogP) is 7.82. The summed E-state index contributed by atoms with van der Waals surface area (Å²) in [6.07, 6.45) is -6.57. The second kappa shape index (κ2) is 11.6. The molecule has 1 saturated carbocycles. The van der Waals surface area contributed by atoms with Crippen molar-refractivity contribution in [2.75, 3.05) is 0 Å². The van der Waals surface area contributed by atoms with Crippen molar-refractivity contribution in [3.8, 4) is 16.8 Å². The van der Waals surface area contributed by atoms with Gasteiger partial charge in [-0.05, 0) is 37.5 Å². The number of nitrogens with zero attached hydrogens (tertiary/aromatic N) is 4. The van der Waals surface area contributed by atoms with Gasteiger partial charge in [0.05, 0.1) is 21.8 Å². The molecule has 1 fully saturated rings. The number of aromatic nitrogens is 3. The summed E-state index contributed by atoms with van der Waals surface area (Å²) in [4.78, 5) is 30.6. The Balaban J connectivity index is 1.72. The molecule has 1 aliphatic carbocycles. The van der Waals surface area contributed by atoms with Gasteiger partial charge in [-0.25, -0.2) is 18.9 Å². The van der Waals surface area contributed by atoms with Gasteiger partial charge in [0.15, 0.2) is 0 Å². The molecule has 1 N–H and O–H groups in total. The van der Waals surface area contributed by atoms with E-state index in [1.54, 1.807) is 0 Å². The Morgan fingerprint density at radius 2 is 1.60 bits per heavy atom. The zero-order valence-corrected chi connectivity index (χ0v) is 23.6. The summed E-state index contributed by atoms with van der Waals surface area (Å²) in [6.45, 7) is 3.54. The fourth-order valence-electron chi connectivity index (χ4n) is 4.37. The van der Waals surface area contributed by atoms with Gasteiger partial charge >= 0.3 is 24.0 Å². The number of hydrogen-bond donors (Lipinski definition) is 1. The van der Waals surface area contributed by atoms with Crippen LogP contribution in [0.25, 0.3) is 16.8 Å². The lowest BCUT2D eigenvalue weighted by molar-refractivity contribution is -0.348. The predicted molar refractivity (Wildman–Crippen MR) is 142 cm³/mol. The minimum atomic E-state index is -6.37. The number of aliphatic carboxylic acids is 1. The average molecular weight is 674 g/mol. The standard InChI is InChI=1S/C26H18Cl3F7N4O3/c1-2-3-19(23(42)43)40(15-4-5-15)22(41)16-6-12(9-37-21(16)29)13-10-38-39(11-13)20-17(27)7-14(8-18(20)28)24(30,25(31,32)33)26(34,35)36/h2,6-11,15,19H,1,3-5H2,(H,42,43). The maximum atomic E-state index is 14.6. The van der Waals surface area contributed by atoms with E-state index in [1.807, 2.05) is 0 Å². The minimum absolute atomic E-state index is 0.0230. The molecule has 1 aliphatic rings. The number of halogens is 10. The molecule has 7 nitrogen and oxygen atoms in total. The second-order valence-corrected chi connectivity index (χ2v) is 10.7. The molecule has 1 atom stereocenters. The minimum Gasteiger partial charge on any atom is -0.480 e. The van der Waals surface area contributed by atoms with Gasteiger partial charge in [-0.15, -0.1) is 6.58 Å². The first-order chi connectivity index (χ1) is 19.9. The summed E-state index contributed by atoms with van der Waals surface area (Å²) in [7, 11) is 0. The first-order valence-corrected chi connectivity index (χ1v) is 13.2. The van der Waals surface area contributed by atoms with Crippen molar-refractivity contribution < 1.29 is 45.4 Å². The Hall–Kier alpha value is -3.36. The maximum absolute atomic E-state index is 14.6. The third kappa shape index (κ3) is 6.04. The van der Waals surface area contributed by atoms with Crippen molar-refractivity contribution in [3.63, 3.8) is 0 Å². The fraction of sp³-hybridized carbons (Fsp3) is 0.308. The van der Waals surface area contributed by atoms with Crippen molar-refractivity contribution in [2.45, 2.75) is 49.4 Å². The van der Waals surface area contributed by atoms with Crippen molar-refractivity contribution in [1.29, 1.82) is 0 Å². The summed E-state index contributed by atoms with van der Waals surface area (Å²) in [5, 5.41) is 11.9. The number of pyridine rings is 1. The molecular weight excluding hydrogens is 656 g/mol. The van der Waals surface area contributed by atoms with Gasteiger partial charge in [0.1, 0.15) is 16.9 Å². The molecule has 0 saturated heterocycles. The molecule has 43 heavy (non-hydrogen) atoms. The Bertz CT molecular complexity index is 1550. The lowest BCUT2D eigenvalue weighted by atomic mass is 9.94. The quantitative estimate of drug-likeness (QED) is 0.142. The molecule has 1 aromatic carbocycles. The van der Waals surface area contributed by atoms with Gasteiger partial charge < -0.3 is 10.0 Å². The number of benzene rings is 1. The Kier molecular flexibility index (Phi) is 8.80. The fourth-order valence-corrected chi connectivity index (χ4v) is 5.21. The van der Waals surface area contributed by atoms with Crippen LogP contribution < -0.4 is 0 Å². The molecule has 0 aliphatic heterocycles. The monoisotopic (exact) mass is 672 g/mol. The van der Waals surface area contributed by atoms with Crippen molar-refractivity contribution >= 4 is 46.7 Å². The van der Waals surface area contributed by atoms with E-state index in [0.29, 0.717) is 12.8 Å². The second-order valence-electron chi connectivity index (χ2n) is 9.50. The molecule has 0 spiro atoms. The first kappa shape index (κ1) is 32.6. The number of hydrogen-bond acceptors (Lipinski definition) is 4. The first-order valence-electron chi connectivity index (χ1n) is 12.1. The Morgan fingerprint density at radius 1 is 1.02 bits per heavy atom. The number of carboxylic acids is 1. The lowest BCUT2D eigenvalue weighted by Crippen LogP contribution is -2.50. The van der Waals surface area contributed by atoms with E-state index >= 15 is 0 Å². The van der Waals surface area contributed by atoms with E-state index in [0.717, 1.165) is 4.68 Å². The number of carboxylic acid groups (broad SMARTS) is 1. The van der Waals surface area contributed by atoms with Crippen LogP contribution in [-0.4, -0.2) is 61.1 Å². The average Bonchev–Trinajstić information content (AvgIpc) is 3.62. The normalized spacial score (nSPS) is 14.8. The topological polar surface area (TPSA) is 88.3 Å². The molecule has 230 valence electrons. The zero-order valence-electron chi connectivity index (χ0n) is 21.4. The van der Waals surface area contributed by atoms with E-state index in [1.165, 1.54) is 35.6 Å². The summed E-state index contributed by atoms with van der Waals surface area (Å²) in [5.74, 6) is -1.94. The van der Waals surface area contributed by atoms with Gasteiger partial charge in [0.2, 0.25) is 0 Å². The van der Waals surface area contributed by atoms with Crippen LogP contribution in [0.2, 0.25) is 15.2 Å². The van der Waals surface area contributed by atoms with Crippen LogP contribution in [0.15, 0.2) is 49.4 Å². The molecule has 0 bridgehead atoms. The molecule has 2 aromatic heterocycles. The third-order valence-corrected chi connectivity index (χ3v) is 7.47. The summed E-state index contributed by atoms with van der Waals surface area (Å²) >= 11 is 18.2. The van der Waals surface area contributed by atoms with Crippen LogP contribution in [0.4, 0.5) is 30.7 Å². The molecule has 1 amide bonds. The molecule has 17 heteroatoms. The SMILES string of the molecule is C=CCC(C(=O)O)N(C(=O)c1cc(-c2cnn(-c3c(Cl)cc(C(F)(C(F)(F)F)C(F)(F)F)cc3Cl)c2)cnc1Cl)C1CC1. The van der Waals surface area contributed by atoms with E-state index in [4.69, 9.17) is 34.8 Å². The largest absolute Gasteiger partial charge is 0.480 e. The van der Waals surface area contributed by atoms with E-state index in [9.17, 15) is 45.4 Å². The maximum Gasteiger partial charge on any atom is 0.435 e. The molecule has 1 unspecified atom stereocenters. The van der Waals surface area contributed by atoms with Crippen molar-refractivity contribution in [1.82, 2.24) is 19.7 Å². The molecular formula is C26H18Cl3F7N4O3. The van der Waals surface area contributed by atoms with Gasteiger partial charge in [-0.3, -0.25) is 4.79 Å². The van der Waals surface area contributed by atoms with Crippen LogP contribution in [0.5, 0.6) is 0 Å². The van der Waals surface area contributed by atoms with Gasteiger partial charge in [-0.1, -0.05) is 40.9 Å². The van der Waals surface area contributed by atoms with E-state index in [-0.39, 0.29) is 52.1 Å². The smallest absolute Gasteiger partial charge is 0.435 e. The number of carbonyl (C=O) groups excluding carboxylic acids is 1. The molecule has 3 aromatic rings. The van der Waals surface area contributed by atoms with Gasteiger partial charge in [0, 0.05) is 35.1 Å². The summed E-state index contributed by atoms with van der Waals surface area (Å²) < 4.78 is 94.8. The zero-order chi connectivity index (χ0) is 32.1. The highest BCUT2D eigenvalue weighted by molar-refractivity contribution is 6.38. The Labute approximate surface area is 253 Å². The summed E-state index contributed by atoms with van der Waals surface area (Å²) in [6, 6.07) is 0.0872. The third-order valence-electron chi connectivity index (χ3n) is 6.60. The Morgan fingerprint density at radius 3 is 2.09 bits per heavy atom. The lowest BCUT2D eigenvalue weighted by Gasteiger charge is -2.30. The van der Waals surface area contributed by atoms with Gasteiger partial charge in [-0.2, -0.15) is 31.4 Å². The van der Waals surface area contributed by atoms with Crippen molar-refractivity contribution in [2.24, 2.45) is 0 Å². The van der Waals surface area contributed by atoms with Crippen LogP contribution >= 0.6 is 34.8 Å². The van der Waals surface area contributed by atoms with Gasteiger partial charge in [0.25, 0.3) is 5.91 Å².